The van der Waals surface area contributed by atoms with Crippen LogP contribution in [0.2, 0.25) is 10.0 Å². The topological polar surface area (TPSA) is 33.0 Å². The van der Waals surface area contributed by atoms with Gasteiger partial charge in [-0.2, -0.15) is 5.26 Å². The summed E-state index contributed by atoms with van der Waals surface area (Å²) in [5.74, 6) is 0.685. The lowest BCUT2D eigenvalue weighted by atomic mass is 10.2. The van der Waals surface area contributed by atoms with Gasteiger partial charge in [0.05, 0.1) is 21.7 Å². The van der Waals surface area contributed by atoms with Crippen LogP contribution in [0.5, 0.6) is 5.75 Å². The van der Waals surface area contributed by atoms with Crippen molar-refractivity contribution in [3.63, 3.8) is 0 Å². The van der Waals surface area contributed by atoms with Crippen LogP contribution in [0.4, 0.5) is 0 Å². The molecule has 0 atom stereocenters. The maximum absolute atomic E-state index is 8.68. The summed E-state index contributed by atoms with van der Waals surface area (Å²) < 4.78 is 5.57. The third-order valence-corrected chi connectivity index (χ3v) is 3.27. The molecule has 0 heterocycles. The summed E-state index contributed by atoms with van der Waals surface area (Å²) in [7, 11) is 0. The minimum absolute atomic E-state index is 0.339. The highest BCUT2D eigenvalue weighted by molar-refractivity contribution is 6.42. The van der Waals surface area contributed by atoms with Gasteiger partial charge in [-0.1, -0.05) is 35.3 Å². The molecule has 0 aromatic heterocycles. The number of halogens is 2. The van der Waals surface area contributed by atoms with Crippen LogP contribution in [0.3, 0.4) is 0 Å². The summed E-state index contributed by atoms with van der Waals surface area (Å²) >= 11 is 12.0. The van der Waals surface area contributed by atoms with Gasteiger partial charge in [0.25, 0.3) is 0 Å². The summed E-state index contributed by atoms with van der Waals surface area (Å²) in [5.41, 5.74) is 1.43. The van der Waals surface area contributed by atoms with Gasteiger partial charge in [-0.05, 0) is 30.3 Å². The minimum atomic E-state index is 0.339. The van der Waals surface area contributed by atoms with E-state index in [1.165, 1.54) is 0 Å². The third-order valence-electron chi connectivity index (χ3n) is 2.41. The number of nitrogens with zero attached hydrogens (tertiary/aromatic N) is 1. The van der Waals surface area contributed by atoms with Crippen molar-refractivity contribution in [3.05, 3.63) is 63.6 Å². The average molecular weight is 278 g/mol. The average Bonchev–Trinajstić information content (AvgIpc) is 2.41. The first-order valence-corrected chi connectivity index (χ1v) is 6.02. The van der Waals surface area contributed by atoms with Crippen molar-refractivity contribution in [3.8, 4) is 11.8 Å². The highest BCUT2D eigenvalue weighted by Crippen LogP contribution is 2.26. The molecule has 0 saturated heterocycles. The van der Waals surface area contributed by atoms with E-state index in [1.54, 1.807) is 30.3 Å². The highest BCUT2D eigenvalue weighted by Gasteiger charge is 2.04. The molecule has 0 aliphatic carbocycles. The summed E-state index contributed by atoms with van der Waals surface area (Å²) in [5, 5.41) is 9.70. The first-order chi connectivity index (χ1) is 8.70. The Morgan fingerprint density at radius 2 is 1.78 bits per heavy atom. The maximum atomic E-state index is 8.68. The lowest BCUT2D eigenvalue weighted by molar-refractivity contribution is 0.306. The van der Waals surface area contributed by atoms with E-state index in [1.807, 2.05) is 12.1 Å². The molecule has 18 heavy (non-hydrogen) atoms. The SMILES string of the molecule is N#Cc1ccc(OCc2cccc(Cl)c2Cl)cc1. The molecule has 0 radical (unpaired) electrons. The van der Waals surface area contributed by atoms with E-state index in [9.17, 15) is 0 Å². The van der Waals surface area contributed by atoms with Crippen molar-refractivity contribution in [2.24, 2.45) is 0 Å². The quantitative estimate of drug-likeness (QED) is 0.831. The van der Waals surface area contributed by atoms with E-state index in [-0.39, 0.29) is 0 Å². The zero-order valence-corrected chi connectivity index (χ0v) is 10.9. The van der Waals surface area contributed by atoms with Gasteiger partial charge >= 0.3 is 0 Å². The van der Waals surface area contributed by atoms with E-state index in [4.69, 9.17) is 33.2 Å². The fourth-order valence-corrected chi connectivity index (χ4v) is 1.82. The molecule has 0 aliphatic heterocycles. The summed E-state index contributed by atoms with van der Waals surface area (Å²) in [6.07, 6.45) is 0. The fourth-order valence-electron chi connectivity index (χ4n) is 1.45. The van der Waals surface area contributed by atoms with Crippen LogP contribution in [0, 0.1) is 11.3 Å². The number of rotatable bonds is 3. The van der Waals surface area contributed by atoms with Crippen molar-refractivity contribution in [2.75, 3.05) is 0 Å². The van der Waals surface area contributed by atoms with Crippen molar-refractivity contribution >= 4 is 23.2 Å². The van der Waals surface area contributed by atoms with Gasteiger partial charge in [-0.3, -0.25) is 0 Å². The van der Waals surface area contributed by atoms with Gasteiger partial charge in [-0.15, -0.1) is 0 Å². The van der Waals surface area contributed by atoms with E-state index < -0.39 is 0 Å². The number of benzene rings is 2. The summed E-state index contributed by atoms with van der Waals surface area (Å²) in [6.45, 7) is 0.339. The van der Waals surface area contributed by atoms with Crippen LogP contribution in [0.1, 0.15) is 11.1 Å². The predicted octanol–water partition coefficient (Wildman–Crippen LogP) is 4.44. The standard InChI is InChI=1S/C14H9Cl2NO/c15-13-3-1-2-11(14(13)16)9-18-12-6-4-10(8-17)5-7-12/h1-7H,9H2. The lowest BCUT2D eigenvalue weighted by Gasteiger charge is -2.08. The maximum Gasteiger partial charge on any atom is 0.119 e. The molecular formula is C14H9Cl2NO. The second-order valence-electron chi connectivity index (χ2n) is 3.64. The van der Waals surface area contributed by atoms with E-state index in [0.717, 1.165) is 5.56 Å². The van der Waals surface area contributed by atoms with Gasteiger partial charge in [0.1, 0.15) is 12.4 Å². The molecule has 2 aromatic rings. The molecule has 0 N–H and O–H groups in total. The molecule has 4 heteroatoms. The zero-order valence-electron chi connectivity index (χ0n) is 9.36. The van der Waals surface area contributed by atoms with Gasteiger partial charge in [0.2, 0.25) is 0 Å². The second kappa shape index (κ2) is 5.77. The highest BCUT2D eigenvalue weighted by atomic mass is 35.5. The molecule has 0 spiro atoms. The van der Waals surface area contributed by atoms with Gasteiger partial charge in [-0.25, -0.2) is 0 Å². The fraction of sp³-hybridized carbons (Fsp3) is 0.0714. The molecule has 0 fully saturated rings. The zero-order chi connectivity index (χ0) is 13.0. The van der Waals surface area contributed by atoms with Crippen LogP contribution < -0.4 is 4.74 Å². The van der Waals surface area contributed by atoms with E-state index >= 15 is 0 Å². The Kier molecular flexibility index (Phi) is 4.09. The van der Waals surface area contributed by atoms with Crippen molar-refractivity contribution in [1.29, 1.82) is 5.26 Å². The lowest BCUT2D eigenvalue weighted by Crippen LogP contribution is -1.96. The molecule has 2 nitrogen and oxygen atoms in total. The van der Waals surface area contributed by atoms with Gasteiger partial charge in [0, 0.05) is 5.56 Å². The normalized spacial score (nSPS) is 9.83. The minimum Gasteiger partial charge on any atom is -0.489 e. The first kappa shape index (κ1) is 12.8. The Hall–Kier alpha value is -1.69. The third kappa shape index (κ3) is 2.95. The van der Waals surface area contributed by atoms with Gasteiger partial charge < -0.3 is 4.74 Å². The number of ether oxygens (including phenoxy) is 1. The van der Waals surface area contributed by atoms with Crippen LogP contribution in [0.15, 0.2) is 42.5 Å². The molecule has 0 saturated carbocycles. The molecule has 0 aliphatic rings. The Morgan fingerprint density at radius 3 is 2.44 bits per heavy atom. The molecular weight excluding hydrogens is 269 g/mol. The van der Waals surface area contributed by atoms with Crippen LogP contribution >= 0.6 is 23.2 Å². The summed E-state index contributed by atoms with van der Waals surface area (Å²) in [6, 6.07) is 14.4. The van der Waals surface area contributed by atoms with Crippen LogP contribution in [-0.2, 0) is 6.61 Å². The van der Waals surface area contributed by atoms with Crippen molar-refractivity contribution < 1.29 is 4.74 Å². The largest absolute Gasteiger partial charge is 0.489 e. The van der Waals surface area contributed by atoms with E-state index in [2.05, 4.69) is 6.07 Å². The van der Waals surface area contributed by atoms with Gasteiger partial charge in [0.15, 0.2) is 0 Å². The Balaban J connectivity index is 2.07. The monoisotopic (exact) mass is 277 g/mol. The molecule has 2 aromatic carbocycles. The number of nitriles is 1. The first-order valence-electron chi connectivity index (χ1n) is 5.26. The predicted molar refractivity (Wildman–Crippen MR) is 72.0 cm³/mol. The Bertz CT molecular complexity index is 588. The molecule has 0 unspecified atom stereocenters. The summed E-state index contributed by atoms with van der Waals surface area (Å²) in [4.78, 5) is 0. The second-order valence-corrected chi connectivity index (χ2v) is 4.42. The smallest absolute Gasteiger partial charge is 0.119 e. The van der Waals surface area contributed by atoms with Crippen LogP contribution in [-0.4, -0.2) is 0 Å². The number of hydrogen-bond acceptors (Lipinski definition) is 2. The number of hydrogen-bond donors (Lipinski definition) is 0. The molecule has 0 amide bonds. The molecule has 0 bridgehead atoms. The Morgan fingerprint density at radius 1 is 1.06 bits per heavy atom. The van der Waals surface area contributed by atoms with Crippen molar-refractivity contribution in [1.82, 2.24) is 0 Å². The molecule has 2 rings (SSSR count). The Labute approximate surface area is 115 Å². The van der Waals surface area contributed by atoms with Crippen molar-refractivity contribution in [2.45, 2.75) is 6.61 Å². The van der Waals surface area contributed by atoms with E-state index in [0.29, 0.717) is 28.0 Å². The van der Waals surface area contributed by atoms with Crippen LogP contribution in [0.25, 0.3) is 0 Å². The molecule has 90 valence electrons.